The fourth-order valence-electron chi connectivity index (χ4n) is 1.13. The Morgan fingerprint density at radius 1 is 1.30 bits per heavy atom. The van der Waals surface area contributed by atoms with Crippen LogP contribution in [0.1, 0.15) is 27.2 Å². The first-order chi connectivity index (χ1) is 8.86. The van der Waals surface area contributed by atoms with E-state index in [1.165, 1.54) is 0 Å². The quantitative estimate of drug-likeness (QED) is 0.462. The maximum atomic E-state index is 11.5. The summed E-state index contributed by atoms with van der Waals surface area (Å²) in [6, 6.07) is -1.48. The number of aliphatic hydroxyl groups excluding tert-OH is 1. The van der Waals surface area contributed by atoms with Crippen LogP contribution in [0, 0.1) is 0 Å². The number of hydrogen-bond acceptors (Lipinski definition) is 7. The van der Waals surface area contributed by atoms with Crippen molar-refractivity contribution in [1.82, 2.24) is 5.32 Å². The zero-order valence-electron chi connectivity index (χ0n) is 11.6. The first-order valence-electron chi connectivity index (χ1n) is 5.58. The van der Waals surface area contributed by atoms with Crippen LogP contribution < -0.4 is 5.32 Å². The van der Waals surface area contributed by atoms with Crippen molar-refractivity contribution < 1.29 is 37.1 Å². The summed E-state index contributed by atoms with van der Waals surface area (Å²) in [6.07, 6.45) is -1.76. The first kappa shape index (κ1) is 18.6. The molecule has 10 heteroatoms. The third-order valence-corrected chi connectivity index (χ3v) is 2.84. The van der Waals surface area contributed by atoms with Crippen molar-refractivity contribution >= 4 is 22.2 Å². The molecule has 0 saturated carbocycles. The van der Waals surface area contributed by atoms with Crippen LogP contribution in [0.25, 0.3) is 0 Å². The lowest BCUT2D eigenvalue weighted by molar-refractivity contribution is -0.143. The second-order valence-electron chi connectivity index (χ2n) is 4.93. The van der Waals surface area contributed by atoms with E-state index in [1.807, 2.05) is 0 Å². The van der Waals surface area contributed by atoms with Gasteiger partial charge in [-0.15, -0.1) is 0 Å². The Kier molecular flexibility index (Phi) is 6.38. The predicted molar refractivity (Wildman–Crippen MR) is 67.3 cm³/mol. The van der Waals surface area contributed by atoms with Crippen LogP contribution in [-0.2, 0) is 24.4 Å². The molecular formula is C10H19NO8S. The zero-order chi connectivity index (χ0) is 16.1. The molecule has 1 unspecified atom stereocenters. The summed E-state index contributed by atoms with van der Waals surface area (Å²) in [5.74, 6) is -0.987. The van der Waals surface area contributed by atoms with Crippen LogP contribution in [0.4, 0.5) is 4.79 Å². The maximum absolute atomic E-state index is 11.5. The maximum Gasteiger partial charge on any atom is 0.408 e. The molecule has 2 atom stereocenters. The molecule has 0 radical (unpaired) electrons. The van der Waals surface area contributed by atoms with E-state index in [2.05, 4.69) is 10.1 Å². The summed E-state index contributed by atoms with van der Waals surface area (Å²) in [5.41, 5.74) is -3.06. The topological polar surface area (TPSA) is 139 Å². The Morgan fingerprint density at radius 2 is 1.80 bits per heavy atom. The standard InChI is InChI=1S/C10H19NO8S/c1-10(2,3)19-9(14)11-6(8(13)18-4)5-7(12)20(15,16)17/h6-7,12H,5H2,1-4H3,(H,11,14)(H,15,16,17)/t6-,7?/m0/s1. The van der Waals surface area contributed by atoms with Crippen LogP contribution in [-0.4, -0.2) is 54.3 Å². The second kappa shape index (κ2) is 6.86. The van der Waals surface area contributed by atoms with Gasteiger partial charge < -0.3 is 19.9 Å². The average Bonchev–Trinajstić information content (AvgIpc) is 2.22. The van der Waals surface area contributed by atoms with E-state index >= 15 is 0 Å². The number of alkyl carbamates (subject to hydrolysis) is 1. The first-order valence-corrected chi connectivity index (χ1v) is 7.09. The fraction of sp³-hybridized carbons (Fsp3) is 0.800. The highest BCUT2D eigenvalue weighted by Gasteiger charge is 2.31. The lowest BCUT2D eigenvalue weighted by atomic mass is 10.2. The van der Waals surface area contributed by atoms with Gasteiger partial charge in [0.1, 0.15) is 11.6 Å². The van der Waals surface area contributed by atoms with Gasteiger partial charge in [-0.1, -0.05) is 0 Å². The monoisotopic (exact) mass is 313 g/mol. The van der Waals surface area contributed by atoms with Gasteiger partial charge in [-0.2, -0.15) is 8.42 Å². The number of rotatable bonds is 5. The van der Waals surface area contributed by atoms with Crippen LogP contribution in [0.15, 0.2) is 0 Å². The molecule has 0 aromatic carbocycles. The second-order valence-corrected chi connectivity index (χ2v) is 6.50. The van der Waals surface area contributed by atoms with E-state index in [9.17, 15) is 23.1 Å². The summed E-state index contributed by atoms with van der Waals surface area (Å²) in [4.78, 5) is 22.9. The Bertz CT molecular complexity index is 452. The number of carbonyl (C=O) groups is 2. The van der Waals surface area contributed by atoms with Crippen molar-refractivity contribution in [2.45, 2.75) is 44.3 Å². The molecule has 9 nitrogen and oxygen atoms in total. The molecule has 20 heavy (non-hydrogen) atoms. The molecular weight excluding hydrogens is 294 g/mol. The Hall–Kier alpha value is -1.39. The lowest BCUT2D eigenvalue weighted by Gasteiger charge is -2.23. The molecule has 0 fully saturated rings. The van der Waals surface area contributed by atoms with Gasteiger partial charge in [0.05, 0.1) is 7.11 Å². The van der Waals surface area contributed by atoms with Crippen molar-refractivity contribution in [3.8, 4) is 0 Å². The van der Waals surface area contributed by atoms with Gasteiger partial charge in [0.25, 0.3) is 10.1 Å². The van der Waals surface area contributed by atoms with Gasteiger partial charge in [0.15, 0.2) is 5.44 Å². The number of nitrogens with one attached hydrogen (secondary N) is 1. The van der Waals surface area contributed by atoms with Gasteiger partial charge >= 0.3 is 12.1 Å². The highest BCUT2D eigenvalue weighted by Crippen LogP contribution is 2.10. The molecule has 0 spiro atoms. The van der Waals surface area contributed by atoms with Crippen LogP contribution in [0.3, 0.4) is 0 Å². The molecule has 0 bridgehead atoms. The van der Waals surface area contributed by atoms with Gasteiger partial charge in [-0.3, -0.25) is 4.55 Å². The van der Waals surface area contributed by atoms with E-state index in [1.54, 1.807) is 20.8 Å². The number of ether oxygens (including phenoxy) is 2. The minimum atomic E-state index is -4.75. The number of methoxy groups -OCH3 is 1. The summed E-state index contributed by atoms with van der Waals surface area (Å²) in [6.45, 7) is 4.77. The van der Waals surface area contributed by atoms with Gasteiger partial charge in [0, 0.05) is 6.42 Å². The summed E-state index contributed by atoms with van der Waals surface area (Å²) >= 11 is 0. The SMILES string of the molecule is COC(=O)[C@H](CC(O)S(=O)(=O)O)NC(=O)OC(C)(C)C. The fourth-order valence-corrected chi connectivity index (χ4v) is 1.57. The smallest absolute Gasteiger partial charge is 0.408 e. The van der Waals surface area contributed by atoms with Crippen molar-refractivity contribution in [3.63, 3.8) is 0 Å². The Morgan fingerprint density at radius 3 is 2.15 bits per heavy atom. The third kappa shape index (κ3) is 7.26. The number of amides is 1. The van der Waals surface area contributed by atoms with E-state index < -0.39 is 45.7 Å². The summed E-state index contributed by atoms with van der Waals surface area (Å²) in [5, 5.41) is 11.3. The lowest BCUT2D eigenvalue weighted by Crippen LogP contribution is -2.46. The van der Waals surface area contributed by atoms with Gasteiger partial charge in [-0.25, -0.2) is 9.59 Å². The molecule has 1 amide bonds. The van der Waals surface area contributed by atoms with Gasteiger partial charge in [-0.05, 0) is 20.8 Å². The normalized spacial score (nSPS) is 15.1. The summed E-state index contributed by atoms with van der Waals surface area (Å²) < 4.78 is 39.3. The minimum Gasteiger partial charge on any atom is -0.467 e. The Labute approximate surface area is 117 Å². The highest BCUT2D eigenvalue weighted by molar-refractivity contribution is 7.86. The van der Waals surface area contributed by atoms with Crippen molar-refractivity contribution in [3.05, 3.63) is 0 Å². The van der Waals surface area contributed by atoms with E-state index in [0.29, 0.717) is 0 Å². The predicted octanol–water partition coefficient (Wildman–Crippen LogP) is -0.351. The summed E-state index contributed by atoms with van der Waals surface area (Å²) in [7, 11) is -3.74. The number of hydrogen-bond donors (Lipinski definition) is 3. The van der Waals surface area contributed by atoms with Crippen LogP contribution in [0.2, 0.25) is 0 Å². The van der Waals surface area contributed by atoms with E-state index in [4.69, 9.17) is 9.29 Å². The largest absolute Gasteiger partial charge is 0.467 e. The van der Waals surface area contributed by atoms with E-state index in [0.717, 1.165) is 7.11 Å². The number of esters is 1. The number of carbonyl (C=O) groups excluding carboxylic acids is 2. The van der Waals surface area contributed by atoms with Crippen molar-refractivity contribution in [1.29, 1.82) is 0 Å². The molecule has 3 N–H and O–H groups in total. The molecule has 0 aromatic heterocycles. The number of aliphatic hydroxyl groups is 1. The molecule has 0 heterocycles. The molecule has 118 valence electrons. The molecule has 0 aliphatic carbocycles. The van der Waals surface area contributed by atoms with Gasteiger partial charge in [0.2, 0.25) is 0 Å². The van der Waals surface area contributed by atoms with Crippen LogP contribution >= 0.6 is 0 Å². The van der Waals surface area contributed by atoms with E-state index in [-0.39, 0.29) is 0 Å². The molecule has 0 saturated heterocycles. The Balaban J connectivity index is 4.84. The minimum absolute atomic E-state index is 0.773. The molecule has 0 rings (SSSR count). The molecule has 0 aromatic rings. The molecule has 0 aliphatic rings. The molecule has 0 aliphatic heterocycles. The van der Waals surface area contributed by atoms with Crippen molar-refractivity contribution in [2.75, 3.05) is 7.11 Å². The third-order valence-electron chi connectivity index (χ3n) is 1.96. The van der Waals surface area contributed by atoms with Crippen molar-refractivity contribution in [2.24, 2.45) is 0 Å². The zero-order valence-corrected chi connectivity index (χ0v) is 12.4. The average molecular weight is 313 g/mol. The van der Waals surface area contributed by atoms with Crippen LogP contribution in [0.5, 0.6) is 0 Å². The highest BCUT2D eigenvalue weighted by atomic mass is 32.2.